The Hall–Kier alpha value is -1.86. The zero-order valence-corrected chi connectivity index (χ0v) is 17.3. The lowest BCUT2D eigenvalue weighted by Crippen LogP contribution is -2.52. The van der Waals surface area contributed by atoms with Gasteiger partial charge in [0.2, 0.25) is 5.91 Å². The molecule has 152 valence electrons. The minimum atomic E-state index is -3.12. The number of sulfone groups is 1. The molecule has 1 aromatic heterocycles. The van der Waals surface area contributed by atoms with Crippen molar-refractivity contribution in [2.45, 2.75) is 51.6 Å². The van der Waals surface area contributed by atoms with Crippen molar-refractivity contribution in [3.63, 3.8) is 0 Å². The Morgan fingerprint density at radius 3 is 2.68 bits per heavy atom. The zero-order chi connectivity index (χ0) is 19.9. The first kappa shape index (κ1) is 19.5. The summed E-state index contributed by atoms with van der Waals surface area (Å²) in [5, 5.41) is 3.96. The van der Waals surface area contributed by atoms with E-state index in [0.29, 0.717) is 0 Å². The van der Waals surface area contributed by atoms with Crippen molar-refractivity contribution in [1.82, 2.24) is 10.2 Å². The molecule has 6 nitrogen and oxygen atoms in total. The highest BCUT2D eigenvalue weighted by molar-refractivity contribution is 7.91. The van der Waals surface area contributed by atoms with Crippen LogP contribution in [-0.2, 0) is 21.1 Å². The Kier molecular flexibility index (Phi) is 5.22. The third-order valence-electron chi connectivity index (χ3n) is 6.22. The Balaban J connectivity index is 1.49. The van der Waals surface area contributed by atoms with Crippen LogP contribution in [0.1, 0.15) is 36.0 Å². The first-order valence-electron chi connectivity index (χ1n) is 10.0. The lowest BCUT2D eigenvalue weighted by molar-refractivity contribution is -0.121. The minimum Gasteiger partial charge on any atom is -0.464 e. The lowest BCUT2D eigenvalue weighted by atomic mass is 10.0. The highest BCUT2D eigenvalue weighted by Crippen LogP contribution is 2.27. The monoisotopic (exact) mass is 404 g/mol. The van der Waals surface area contributed by atoms with Crippen molar-refractivity contribution in [3.8, 4) is 0 Å². The van der Waals surface area contributed by atoms with Crippen molar-refractivity contribution < 1.29 is 17.6 Å². The largest absolute Gasteiger partial charge is 0.464 e. The van der Waals surface area contributed by atoms with Gasteiger partial charge >= 0.3 is 0 Å². The predicted octanol–water partition coefficient (Wildman–Crippen LogP) is 2.36. The van der Waals surface area contributed by atoms with Gasteiger partial charge in [0.15, 0.2) is 9.84 Å². The molecule has 2 aliphatic heterocycles. The van der Waals surface area contributed by atoms with Gasteiger partial charge < -0.3 is 9.73 Å². The van der Waals surface area contributed by atoms with E-state index < -0.39 is 9.84 Å². The number of piperidine rings is 1. The van der Waals surface area contributed by atoms with Gasteiger partial charge in [0.1, 0.15) is 5.58 Å². The second kappa shape index (κ2) is 7.52. The van der Waals surface area contributed by atoms with Crippen molar-refractivity contribution in [1.29, 1.82) is 0 Å². The fraction of sp³-hybridized carbons (Fsp3) is 0.571. The molecule has 7 heteroatoms. The summed E-state index contributed by atoms with van der Waals surface area (Å²) in [7, 11) is -3.12. The Bertz CT molecular complexity index is 989. The van der Waals surface area contributed by atoms with E-state index in [9.17, 15) is 13.2 Å². The summed E-state index contributed by atoms with van der Waals surface area (Å²) in [5.74, 6) is 0.0279. The second-order valence-corrected chi connectivity index (χ2v) is 10.4. The third-order valence-corrected chi connectivity index (χ3v) is 7.94. The zero-order valence-electron chi connectivity index (χ0n) is 16.5. The van der Waals surface area contributed by atoms with Crippen LogP contribution in [0.5, 0.6) is 0 Å². The summed E-state index contributed by atoms with van der Waals surface area (Å²) in [6, 6.07) is 3.57. The number of benzene rings is 1. The van der Waals surface area contributed by atoms with Crippen LogP contribution in [0, 0.1) is 13.8 Å². The molecule has 28 heavy (non-hydrogen) atoms. The summed E-state index contributed by atoms with van der Waals surface area (Å²) in [5.41, 5.74) is 3.89. The number of rotatable bonds is 4. The van der Waals surface area contributed by atoms with Gasteiger partial charge in [0, 0.05) is 17.0 Å². The van der Waals surface area contributed by atoms with Crippen LogP contribution in [0.2, 0.25) is 0 Å². The van der Waals surface area contributed by atoms with E-state index in [1.54, 1.807) is 6.26 Å². The first-order chi connectivity index (χ1) is 13.3. The van der Waals surface area contributed by atoms with Gasteiger partial charge in [0.05, 0.1) is 30.2 Å². The fourth-order valence-electron chi connectivity index (χ4n) is 4.53. The second-order valence-electron chi connectivity index (χ2n) is 8.24. The minimum absolute atomic E-state index is 0.0321. The molecule has 1 aromatic carbocycles. The standard InChI is InChI=1S/C21H28N2O4S/c1-14-6-7-17-16(11-27-21(17)15(14)2)10-20(24)22-18-12-28(25,26)13-19(18)23-8-4-3-5-9-23/h6-7,11,18-19H,3-5,8-10,12-13H2,1-2H3,(H,22,24)/t18-,19-/m1/s1. The molecular formula is C21H28N2O4S. The number of nitrogens with one attached hydrogen (secondary N) is 1. The maximum absolute atomic E-state index is 12.7. The van der Waals surface area contributed by atoms with Crippen molar-refractivity contribution in [3.05, 3.63) is 35.1 Å². The van der Waals surface area contributed by atoms with E-state index in [-0.39, 0.29) is 35.9 Å². The van der Waals surface area contributed by atoms with Gasteiger partial charge in [-0.25, -0.2) is 8.42 Å². The summed E-state index contributed by atoms with van der Waals surface area (Å²) >= 11 is 0. The Morgan fingerprint density at radius 1 is 1.18 bits per heavy atom. The van der Waals surface area contributed by atoms with Crippen LogP contribution in [0.15, 0.2) is 22.8 Å². The number of amides is 1. The van der Waals surface area contributed by atoms with Crippen LogP contribution < -0.4 is 5.32 Å². The fourth-order valence-corrected chi connectivity index (χ4v) is 6.49. The molecule has 2 saturated heterocycles. The third kappa shape index (κ3) is 3.82. The predicted molar refractivity (Wildman–Crippen MR) is 109 cm³/mol. The van der Waals surface area contributed by atoms with Gasteiger partial charge in [-0.3, -0.25) is 9.69 Å². The maximum atomic E-state index is 12.7. The lowest BCUT2D eigenvalue weighted by Gasteiger charge is -2.35. The van der Waals surface area contributed by atoms with E-state index in [1.807, 2.05) is 26.0 Å². The normalized spacial score (nSPS) is 25.2. The number of likely N-dealkylation sites (tertiary alicyclic amines) is 1. The average molecular weight is 405 g/mol. The average Bonchev–Trinajstić information content (AvgIpc) is 3.19. The van der Waals surface area contributed by atoms with E-state index in [4.69, 9.17) is 4.42 Å². The van der Waals surface area contributed by atoms with Crippen molar-refractivity contribution in [2.75, 3.05) is 24.6 Å². The quantitative estimate of drug-likeness (QED) is 0.846. The molecule has 2 fully saturated rings. The molecule has 0 aliphatic carbocycles. The molecule has 0 spiro atoms. The molecule has 4 rings (SSSR count). The topological polar surface area (TPSA) is 79.6 Å². The number of furan rings is 1. The Morgan fingerprint density at radius 2 is 1.93 bits per heavy atom. The van der Waals surface area contributed by atoms with E-state index >= 15 is 0 Å². The molecule has 0 radical (unpaired) electrons. The highest BCUT2D eigenvalue weighted by atomic mass is 32.2. The number of carbonyl (C=O) groups excluding carboxylic acids is 1. The van der Waals surface area contributed by atoms with Gasteiger partial charge in [-0.2, -0.15) is 0 Å². The van der Waals surface area contributed by atoms with Gasteiger partial charge in [0.25, 0.3) is 0 Å². The summed E-state index contributed by atoms with van der Waals surface area (Å²) < 4.78 is 30.2. The van der Waals surface area contributed by atoms with E-state index in [2.05, 4.69) is 10.2 Å². The maximum Gasteiger partial charge on any atom is 0.224 e. The molecule has 1 N–H and O–H groups in total. The number of hydrogen-bond acceptors (Lipinski definition) is 5. The molecule has 0 saturated carbocycles. The van der Waals surface area contributed by atoms with E-state index in [1.165, 1.54) is 6.42 Å². The van der Waals surface area contributed by atoms with Crippen LogP contribution in [0.25, 0.3) is 11.0 Å². The molecule has 2 aliphatic rings. The summed E-state index contributed by atoms with van der Waals surface area (Å²) in [6.45, 7) is 5.87. The molecule has 3 heterocycles. The molecule has 2 atom stereocenters. The molecule has 2 aromatic rings. The summed E-state index contributed by atoms with van der Waals surface area (Å²) in [4.78, 5) is 15.0. The van der Waals surface area contributed by atoms with Crippen LogP contribution in [0.4, 0.5) is 0 Å². The number of fused-ring (bicyclic) bond motifs is 1. The van der Waals surface area contributed by atoms with Crippen molar-refractivity contribution in [2.24, 2.45) is 0 Å². The summed E-state index contributed by atoms with van der Waals surface area (Å²) in [6.07, 6.45) is 5.22. The van der Waals surface area contributed by atoms with Gasteiger partial charge in [-0.1, -0.05) is 18.6 Å². The first-order valence-corrected chi connectivity index (χ1v) is 11.9. The Labute approximate surface area is 166 Å². The van der Waals surface area contributed by atoms with Crippen LogP contribution in [0.3, 0.4) is 0 Å². The molecule has 0 bridgehead atoms. The number of nitrogens with zero attached hydrogens (tertiary/aromatic N) is 1. The number of carbonyl (C=O) groups is 1. The number of aryl methyl sites for hydroxylation is 2. The van der Waals surface area contributed by atoms with Crippen LogP contribution >= 0.6 is 0 Å². The van der Waals surface area contributed by atoms with Gasteiger partial charge in [-0.15, -0.1) is 0 Å². The molecule has 1 amide bonds. The van der Waals surface area contributed by atoms with E-state index in [0.717, 1.165) is 53.6 Å². The van der Waals surface area contributed by atoms with Crippen molar-refractivity contribution >= 4 is 26.7 Å². The number of hydrogen-bond donors (Lipinski definition) is 1. The smallest absolute Gasteiger partial charge is 0.224 e. The van der Waals surface area contributed by atoms with Crippen LogP contribution in [-0.4, -0.2) is 55.9 Å². The highest BCUT2D eigenvalue weighted by Gasteiger charge is 2.41. The van der Waals surface area contributed by atoms with Gasteiger partial charge in [-0.05, 0) is 50.9 Å². The molecular weight excluding hydrogens is 376 g/mol. The SMILES string of the molecule is Cc1ccc2c(CC(=O)N[C@@H]3CS(=O)(=O)C[C@H]3N3CCCCC3)coc2c1C. The molecule has 0 unspecified atom stereocenters.